The number of nitrogens with one attached hydrogen (secondary N) is 1. The van der Waals surface area contributed by atoms with Crippen LogP contribution in [0.1, 0.15) is 16.3 Å². The highest BCUT2D eigenvalue weighted by Gasteiger charge is 2.10. The van der Waals surface area contributed by atoms with Gasteiger partial charge in [-0.05, 0) is 24.3 Å². The largest absolute Gasteiger partial charge is 0.486 e. The monoisotopic (exact) mass is 284 g/mol. The highest BCUT2D eigenvalue weighted by molar-refractivity contribution is 6.30. The highest BCUT2D eigenvalue weighted by atomic mass is 35.5. The maximum absolute atomic E-state index is 12.9. The van der Waals surface area contributed by atoms with E-state index in [9.17, 15) is 9.18 Å². The maximum atomic E-state index is 12.9. The minimum atomic E-state index is -0.531. The molecule has 19 heavy (non-hydrogen) atoms. The van der Waals surface area contributed by atoms with Crippen molar-refractivity contribution in [2.75, 3.05) is 0 Å². The van der Waals surface area contributed by atoms with Crippen LogP contribution in [0.15, 0.2) is 34.7 Å². The molecule has 0 radical (unpaired) electrons. The van der Waals surface area contributed by atoms with Gasteiger partial charge in [0.15, 0.2) is 5.76 Å². The van der Waals surface area contributed by atoms with Gasteiger partial charge < -0.3 is 9.15 Å². The van der Waals surface area contributed by atoms with Gasteiger partial charge in [0.25, 0.3) is 0 Å². The Labute approximate surface area is 113 Å². The van der Waals surface area contributed by atoms with Crippen molar-refractivity contribution >= 4 is 17.5 Å². The quantitative estimate of drug-likeness (QED) is 0.513. The number of benzene rings is 1. The summed E-state index contributed by atoms with van der Waals surface area (Å²) < 4.78 is 23.5. The molecule has 3 N–H and O–H groups in total. The molecule has 1 aromatic carbocycles. The summed E-state index contributed by atoms with van der Waals surface area (Å²) in [6.07, 6.45) is 0. The average molecular weight is 285 g/mol. The third kappa shape index (κ3) is 3.24. The number of nitrogen functional groups attached to an aromatic ring is 1. The zero-order chi connectivity index (χ0) is 13.8. The average Bonchev–Trinajstić information content (AvgIpc) is 2.88. The van der Waals surface area contributed by atoms with Crippen molar-refractivity contribution < 1.29 is 18.3 Å². The number of carbonyl (C=O) groups is 1. The molecule has 0 aliphatic rings. The molecule has 0 saturated heterocycles. The van der Waals surface area contributed by atoms with Gasteiger partial charge in [0.1, 0.15) is 23.9 Å². The number of ether oxygens (including phenoxy) is 1. The number of carbonyl (C=O) groups excluding carboxylic acids is 1. The molecule has 0 atom stereocenters. The third-order valence-electron chi connectivity index (χ3n) is 2.29. The standard InChI is InChI=1S/C12H10ClFN2O3/c13-9-5-7(1-3-10(9)14)18-6-8-2-4-11(19-8)12(17)16-15/h1-5H,6,15H2,(H,16,17). The van der Waals surface area contributed by atoms with Gasteiger partial charge >= 0.3 is 5.91 Å². The van der Waals surface area contributed by atoms with Gasteiger partial charge in [-0.25, -0.2) is 10.2 Å². The molecular formula is C12H10ClFN2O3. The lowest BCUT2D eigenvalue weighted by Crippen LogP contribution is -2.29. The number of hydrazine groups is 1. The fraction of sp³-hybridized carbons (Fsp3) is 0.0833. The Hall–Kier alpha value is -2.05. The number of furan rings is 1. The van der Waals surface area contributed by atoms with E-state index in [1.807, 2.05) is 5.43 Å². The number of hydrogen-bond acceptors (Lipinski definition) is 4. The van der Waals surface area contributed by atoms with Crippen LogP contribution in [0.3, 0.4) is 0 Å². The number of rotatable bonds is 4. The van der Waals surface area contributed by atoms with Crippen LogP contribution in [0.4, 0.5) is 4.39 Å². The van der Waals surface area contributed by atoms with Crippen LogP contribution in [0, 0.1) is 5.82 Å². The molecular weight excluding hydrogens is 275 g/mol. The molecule has 0 bridgehead atoms. The molecule has 1 aromatic heterocycles. The Morgan fingerprint density at radius 1 is 1.42 bits per heavy atom. The van der Waals surface area contributed by atoms with Gasteiger partial charge in [0.05, 0.1) is 5.02 Å². The van der Waals surface area contributed by atoms with Crippen molar-refractivity contribution in [3.8, 4) is 5.75 Å². The SMILES string of the molecule is NNC(=O)c1ccc(COc2ccc(F)c(Cl)c2)o1. The van der Waals surface area contributed by atoms with Crippen molar-refractivity contribution in [3.63, 3.8) is 0 Å². The van der Waals surface area contributed by atoms with Crippen LogP contribution in [-0.2, 0) is 6.61 Å². The minimum absolute atomic E-state index is 0.0276. The fourth-order valence-electron chi connectivity index (χ4n) is 1.37. The van der Waals surface area contributed by atoms with Crippen molar-refractivity contribution in [1.82, 2.24) is 5.43 Å². The van der Waals surface area contributed by atoms with E-state index in [1.165, 1.54) is 24.3 Å². The zero-order valence-corrected chi connectivity index (χ0v) is 10.4. The van der Waals surface area contributed by atoms with E-state index in [0.717, 1.165) is 0 Å². The summed E-state index contributed by atoms with van der Waals surface area (Å²) in [5, 5.41) is -0.0276. The third-order valence-corrected chi connectivity index (χ3v) is 2.58. The van der Waals surface area contributed by atoms with Gasteiger partial charge in [0.2, 0.25) is 0 Å². The Morgan fingerprint density at radius 2 is 2.21 bits per heavy atom. The van der Waals surface area contributed by atoms with Crippen LogP contribution in [-0.4, -0.2) is 5.91 Å². The lowest BCUT2D eigenvalue weighted by molar-refractivity contribution is 0.0922. The minimum Gasteiger partial charge on any atom is -0.486 e. The van der Waals surface area contributed by atoms with Crippen LogP contribution in [0.2, 0.25) is 5.02 Å². The molecule has 100 valence electrons. The van der Waals surface area contributed by atoms with E-state index < -0.39 is 11.7 Å². The molecule has 0 spiro atoms. The molecule has 0 aliphatic carbocycles. The molecule has 2 aromatic rings. The highest BCUT2D eigenvalue weighted by Crippen LogP contribution is 2.22. The number of amides is 1. The second-order valence-electron chi connectivity index (χ2n) is 3.60. The normalized spacial score (nSPS) is 10.3. The maximum Gasteiger partial charge on any atom is 0.300 e. The summed E-state index contributed by atoms with van der Waals surface area (Å²) in [6.45, 7) is 0.0831. The van der Waals surface area contributed by atoms with Gasteiger partial charge in [-0.1, -0.05) is 11.6 Å². The summed E-state index contributed by atoms with van der Waals surface area (Å²) in [5.41, 5.74) is 1.95. The van der Waals surface area contributed by atoms with Crippen LogP contribution < -0.4 is 16.0 Å². The van der Waals surface area contributed by atoms with E-state index in [4.69, 9.17) is 26.6 Å². The van der Waals surface area contributed by atoms with Crippen molar-refractivity contribution in [1.29, 1.82) is 0 Å². The van der Waals surface area contributed by atoms with E-state index in [-0.39, 0.29) is 17.4 Å². The molecule has 7 heteroatoms. The summed E-state index contributed by atoms with van der Waals surface area (Å²) in [5.74, 6) is 4.82. The van der Waals surface area contributed by atoms with E-state index in [2.05, 4.69) is 0 Å². The first-order valence-electron chi connectivity index (χ1n) is 5.27. The summed E-state index contributed by atoms with van der Waals surface area (Å²) in [4.78, 5) is 11.2. The summed E-state index contributed by atoms with van der Waals surface area (Å²) in [7, 11) is 0. The first-order chi connectivity index (χ1) is 9.10. The van der Waals surface area contributed by atoms with Gasteiger partial charge in [-0.3, -0.25) is 10.2 Å². The number of hydrogen-bond donors (Lipinski definition) is 2. The molecule has 0 unspecified atom stereocenters. The summed E-state index contributed by atoms with van der Waals surface area (Å²) in [6, 6.07) is 7.05. The summed E-state index contributed by atoms with van der Waals surface area (Å²) >= 11 is 5.61. The van der Waals surface area contributed by atoms with Crippen LogP contribution in [0.25, 0.3) is 0 Å². The second-order valence-corrected chi connectivity index (χ2v) is 4.01. The molecule has 5 nitrogen and oxygen atoms in total. The van der Waals surface area contributed by atoms with Crippen molar-refractivity contribution in [3.05, 3.63) is 52.7 Å². The Bertz CT molecular complexity index is 600. The number of nitrogens with two attached hydrogens (primary N) is 1. The first kappa shape index (κ1) is 13.4. The Kier molecular flexibility index (Phi) is 4.03. The smallest absolute Gasteiger partial charge is 0.300 e. The second kappa shape index (κ2) is 5.73. The molecule has 0 aliphatic heterocycles. The fourth-order valence-corrected chi connectivity index (χ4v) is 1.54. The molecule has 0 saturated carbocycles. The lowest BCUT2D eigenvalue weighted by atomic mass is 10.3. The number of halogens is 2. The van der Waals surface area contributed by atoms with Crippen LogP contribution >= 0.6 is 11.6 Å². The molecule has 1 amide bonds. The van der Waals surface area contributed by atoms with E-state index in [1.54, 1.807) is 6.07 Å². The Balaban J connectivity index is 2.00. The topological polar surface area (TPSA) is 77.5 Å². The van der Waals surface area contributed by atoms with E-state index >= 15 is 0 Å². The molecule has 0 fully saturated rings. The molecule has 2 rings (SSSR count). The van der Waals surface area contributed by atoms with E-state index in [0.29, 0.717) is 11.5 Å². The zero-order valence-electron chi connectivity index (χ0n) is 9.65. The van der Waals surface area contributed by atoms with Gasteiger partial charge in [-0.2, -0.15) is 0 Å². The van der Waals surface area contributed by atoms with Gasteiger partial charge in [0, 0.05) is 6.07 Å². The van der Waals surface area contributed by atoms with Crippen LogP contribution in [0.5, 0.6) is 5.75 Å². The predicted octanol–water partition coefficient (Wildman–Crippen LogP) is 2.25. The Morgan fingerprint density at radius 3 is 2.89 bits per heavy atom. The molecule has 1 heterocycles. The lowest BCUT2D eigenvalue weighted by Gasteiger charge is -2.04. The van der Waals surface area contributed by atoms with Crippen molar-refractivity contribution in [2.45, 2.75) is 6.61 Å². The van der Waals surface area contributed by atoms with Crippen molar-refractivity contribution in [2.24, 2.45) is 5.84 Å². The first-order valence-corrected chi connectivity index (χ1v) is 5.65. The predicted molar refractivity (Wildman–Crippen MR) is 66.1 cm³/mol. The van der Waals surface area contributed by atoms with Gasteiger partial charge in [-0.15, -0.1) is 0 Å².